The minimum absolute atomic E-state index is 0.0928. The fraction of sp³-hybridized carbons (Fsp3) is 0.294. The summed E-state index contributed by atoms with van der Waals surface area (Å²) in [6.07, 6.45) is 3.51. The maximum atomic E-state index is 12.7. The Morgan fingerprint density at radius 3 is 2.83 bits per heavy atom. The molecule has 6 heteroatoms. The first-order chi connectivity index (χ1) is 11.2. The summed E-state index contributed by atoms with van der Waals surface area (Å²) in [5.41, 5.74) is 2.58. The molecule has 1 amide bonds. The molecule has 1 N–H and O–H groups in total. The van der Waals surface area contributed by atoms with Crippen LogP contribution in [0.2, 0.25) is 0 Å². The number of carbonyl (C=O) groups excluding carboxylic acids is 1. The summed E-state index contributed by atoms with van der Waals surface area (Å²) in [7, 11) is 0. The molecule has 23 heavy (non-hydrogen) atoms. The molecule has 2 aromatic rings. The standard InChI is InChI=1S/C17H17N5O/c1-12-14(10-18)2-3-15(21-12)17(23)22-9-8-20-16(11-22)13-4-6-19-7-5-13/h2-7,16,20H,8-9,11H2,1H3. The number of aromatic nitrogens is 2. The number of rotatable bonds is 2. The van der Waals surface area contributed by atoms with Crippen LogP contribution in [0.3, 0.4) is 0 Å². The van der Waals surface area contributed by atoms with Gasteiger partial charge in [0, 0.05) is 32.0 Å². The van der Waals surface area contributed by atoms with E-state index in [1.54, 1.807) is 36.4 Å². The van der Waals surface area contributed by atoms with Crippen LogP contribution in [0.5, 0.6) is 0 Å². The molecule has 0 radical (unpaired) electrons. The molecule has 1 aliphatic rings. The van der Waals surface area contributed by atoms with Gasteiger partial charge in [-0.25, -0.2) is 4.98 Å². The van der Waals surface area contributed by atoms with Gasteiger partial charge in [0.05, 0.1) is 17.3 Å². The van der Waals surface area contributed by atoms with Crippen LogP contribution in [0, 0.1) is 18.3 Å². The molecule has 0 bridgehead atoms. The van der Waals surface area contributed by atoms with Gasteiger partial charge >= 0.3 is 0 Å². The van der Waals surface area contributed by atoms with Crippen LogP contribution in [-0.4, -0.2) is 40.4 Å². The Labute approximate surface area is 134 Å². The predicted octanol–water partition coefficient (Wildman–Crippen LogP) is 1.44. The number of hydrogen-bond donors (Lipinski definition) is 1. The number of amides is 1. The second-order valence-electron chi connectivity index (χ2n) is 5.48. The van der Waals surface area contributed by atoms with Gasteiger partial charge in [-0.3, -0.25) is 9.78 Å². The average Bonchev–Trinajstić information content (AvgIpc) is 2.62. The maximum Gasteiger partial charge on any atom is 0.272 e. The molecule has 0 saturated carbocycles. The summed E-state index contributed by atoms with van der Waals surface area (Å²) >= 11 is 0. The highest BCUT2D eigenvalue weighted by molar-refractivity contribution is 5.92. The van der Waals surface area contributed by atoms with Gasteiger partial charge in [0.25, 0.3) is 5.91 Å². The third-order valence-electron chi connectivity index (χ3n) is 4.00. The molecule has 6 nitrogen and oxygen atoms in total. The Hall–Kier alpha value is -2.78. The number of nitrogens with zero attached hydrogens (tertiary/aromatic N) is 4. The molecule has 0 aromatic carbocycles. The van der Waals surface area contributed by atoms with E-state index in [0.717, 1.165) is 12.1 Å². The molecular formula is C17H17N5O. The number of aryl methyl sites for hydroxylation is 1. The fourth-order valence-corrected chi connectivity index (χ4v) is 2.71. The lowest BCUT2D eigenvalue weighted by atomic mass is 10.1. The Morgan fingerprint density at radius 2 is 2.13 bits per heavy atom. The summed E-state index contributed by atoms with van der Waals surface area (Å²) < 4.78 is 0. The van der Waals surface area contributed by atoms with E-state index in [4.69, 9.17) is 5.26 Å². The number of carbonyl (C=O) groups is 1. The first-order valence-corrected chi connectivity index (χ1v) is 7.49. The summed E-state index contributed by atoms with van der Waals surface area (Å²) in [6, 6.07) is 9.34. The monoisotopic (exact) mass is 307 g/mol. The van der Waals surface area contributed by atoms with E-state index in [1.807, 2.05) is 12.1 Å². The highest BCUT2D eigenvalue weighted by Gasteiger charge is 2.25. The van der Waals surface area contributed by atoms with Crippen LogP contribution in [-0.2, 0) is 0 Å². The second kappa shape index (κ2) is 6.55. The third kappa shape index (κ3) is 3.20. The van der Waals surface area contributed by atoms with Crippen molar-refractivity contribution < 1.29 is 4.79 Å². The van der Waals surface area contributed by atoms with E-state index in [2.05, 4.69) is 21.4 Å². The SMILES string of the molecule is Cc1nc(C(=O)N2CCNC(c3ccncc3)C2)ccc1C#N. The number of pyridine rings is 2. The van der Waals surface area contributed by atoms with Crippen molar-refractivity contribution in [2.75, 3.05) is 19.6 Å². The second-order valence-corrected chi connectivity index (χ2v) is 5.48. The Balaban J connectivity index is 1.77. The van der Waals surface area contributed by atoms with E-state index in [-0.39, 0.29) is 11.9 Å². The summed E-state index contributed by atoms with van der Waals surface area (Å²) in [5.74, 6) is -0.0989. The van der Waals surface area contributed by atoms with Gasteiger partial charge in [0.1, 0.15) is 11.8 Å². The summed E-state index contributed by atoms with van der Waals surface area (Å²) in [6.45, 7) is 3.70. The lowest BCUT2D eigenvalue weighted by molar-refractivity contribution is 0.0696. The lowest BCUT2D eigenvalue weighted by Crippen LogP contribution is -2.48. The molecule has 1 fully saturated rings. The highest BCUT2D eigenvalue weighted by atomic mass is 16.2. The van der Waals surface area contributed by atoms with Crippen molar-refractivity contribution in [3.05, 3.63) is 59.2 Å². The predicted molar refractivity (Wildman–Crippen MR) is 84.6 cm³/mol. The quantitative estimate of drug-likeness (QED) is 0.908. The minimum atomic E-state index is -0.0989. The van der Waals surface area contributed by atoms with Crippen LogP contribution < -0.4 is 5.32 Å². The molecular weight excluding hydrogens is 290 g/mol. The van der Waals surface area contributed by atoms with Gasteiger partial charge in [0.2, 0.25) is 0 Å². The average molecular weight is 307 g/mol. The van der Waals surface area contributed by atoms with Gasteiger partial charge in [0.15, 0.2) is 0 Å². The van der Waals surface area contributed by atoms with E-state index >= 15 is 0 Å². The van der Waals surface area contributed by atoms with Crippen molar-refractivity contribution in [1.82, 2.24) is 20.2 Å². The van der Waals surface area contributed by atoms with Gasteiger partial charge in [-0.05, 0) is 36.8 Å². The zero-order valence-electron chi connectivity index (χ0n) is 12.9. The largest absolute Gasteiger partial charge is 0.334 e. The van der Waals surface area contributed by atoms with E-state index in [0.29, 0.717) is 30.0 Å². The normalized spacial score (nSPS) is 17.6. The topological polar surface area (TPSA) is 81.9 Å². The third-order valence-corrected chi connectivity index (χ3v) is 4.00. The molecule has 1 unspecified atom stereocenters. The lowest BCUT2D eigenvalue weighted by Gasteiger charge is -2.33. The molecule has 0 spiro atoms. The van der Waals surface area contributed by atoms with Gasteiger partial charge in [-0.15, -0.1) is 0 Å². The van der Waals surface area contributed by atoms with Crippen molar-refractivity contribution in [2.24, 2.45) is 0 Å². The number of hydrogen-bond acceptors (Lipinski definition) is 5. The van der Waals surface area contributed by atoms with Crippen LogP contribution in [0.1, 0.15) is 33.4 Å². The van der Waals surface area contributed by atoms with Crippen LogP contribution in [0.15, 0.2) is 36.7 Å². The van der Waals surface area contributed by atoms with Crippen LogP contribution >= 0.6 is 0 Å². The summed E-state index contributed by atoms with van der Waals surface area (Å²) in [5, 5.41) is 12.4. The molecule has 3 rings (SSSR count). The maximum absolute atomic E-state index is 12.7. The van der Waals surface area contributed by atoms with Gasteiger partial charge in [-0.2, -0.15) is 5.26 Å². The van der Waals surface area contributed by atoms with Crippen LogP contribution in [0.4, 0.5) is 0 Å². The van der Waals surface area contributed by atoms with Gasteiger partial charge < -0.3 is 10.2 Å². The van der Waals surface area contributed by atoms with Crippen molar-refractivity contribution in [2.45, 2.75) is 13.0 Å². The molecule has 1 saturated heterocycles. The molecule has 116 valence electrons. The fourth-order valence-electron chi connectivity index (χ4n) is 2.71. The zero-order chi connectivity index (χ0) is 16.2. The number of piperazine rings is 1. The van der Waals surface area contributed by atoms with Crippen molar-refractivity contribution in [3.8, 4) is 6.07 Å². The summed E-state index contributed by atoms with van der Waals surface area (Å²) in [4.78, 5) is 22.8. The molecule has 1 atom stereocenters. The smallest absolute Gasteiger partial charge is 0.272 e. The van der Waals surface area contributed by atoms with E-state index < -0.39 is 0 Å². The zero-order valence-corrected chi connectivity index (χ0v) is 12.9. The molecule has 0 aliphatic carbocycles. The molecule has 1 aliphatic heterocycles. The first kappa shape index (κ1) is 15.1. The van der Waals surface area contributed by atoms with Gasteiger partial charge in [-0.1, -0.05) is 0 Å². The van der Waals surface area contributed by atoms with Crippen molar-refractivity contribution in [1.29, 1.82) is 5.26 Å². The van der Waals surface area contributed by atoms with E-state index in [9.17, 15) is 4.79 Å². The first-order valence-electron chi connectivity index (χ1n) is 7.49. The Morgan fingerprint density at radius 1 is 1.35 bits per heavy atom. The minimum Gasteiger partial charge on any atom is -0.334 e. The van der Waals surface area contributed by atoms with Crippen LogP contribution in [0.25, 0.3) is 0 Å². The Kier molecular flexibility index (Phi) is 4.31. The Bertz CT molecular complexity index is 753. The number of nitriles is 1. The van der Waals surface area contributed by atoms with Crippen molar-refractivity contribution >= 4 is 5.91 Å². The number of nitrogens with one attached hydrogen (secondary N) is 1. The molecule has 2 aromatic heterocycles. The molecule has 3 heterocycles. The highest BCUT2D eigenvalue weighted by Crippen LogP contribution is 2.18. The van der Waals surface area contributed by atoms with Crippen molar-refractivity contribution in [3.63, 3.8) is 0 Å². The van der Waals surface area contributed by atoms with E-state index in [1.165, 1.54) is 0 Å².